The van der Waals surface area contributed by atoms with Crippen LogP contribution in [-0.2, 0) is 6.42 Å². The minimum atomic E-state index is -0.266. The zero-order valence-electron chi connectivity index (χ0n) is 16.2. The van der Waals surface area contributed by atoms with Gasteiger partial charge in [-0.05, 0) is 24.3 Å². The molecule has 0 saturated heterocycles. The number of amides is 2. The van der Waals surface area contributed by atoms with E-state index >= 15 is 0 Å². The first-order valence-electron chi connectivity index (χ1n) is 9.63. The van der Waals surface area contributed by atoms with Gasteiger partial charge in [0.1, 0.15) is 5.01 Å². The Morgan fingerprint density at radius 3 is 2.16 bits per heavy atom. The summed E-state index contributed by atoms with van der Waals surface area (Å²) in [6, 6.07) is 20.4. The summed E-state index contributed by atoms with van der Waals surface area (Å²) in [7, 11) is 0. The zero-order chi connectivity index (χ0) is 21.2. The van der Waals surface area contributed by atoms with Crippen LogP contribution in [0.1, 0.15) is 25.7 Å². The minimum absolute atomic E-state index is 0.257. The standard InChI is InChI=1S/C22H16N6O2S/c29-20-15-8-4-5-9-16(15)21(30)28(20)13-12-19-26-27-22(31-19)23-18-11-10-17(24-25-18)14-6-2-1-3-7-14/h1-11H,12-13H2,(H,23,25,27). The third kappa shape index (κ3) is 3.78. The summed E-state index contributed by atoms with van der Waals surface area (Å²) in [5.41, 5.74) is 2.67. The maximum Gasteiger partial charge on any atom is 0.261 e. The van der Waals surface area contributed by atoms with Gasteiger partial charge in [0.15, 0.2) is 5.82 Å². The number of nitrogens with zero attached hydrogens (tertiary/aromatic N) is 5. The normalized spacial score (nSPS) is 12.8. The van der Waals surface area contributed by atoms with Crippen molar-refractivity contribution in [2.24, 2.45) is 0 Å². The molecular weight excluding hydrogens is 412 g/mol. The predicted octanol–water partition coefficient (Wildman–Crippen LogP) is 3.58. The van der Waals surface area contributed by atoms with E-state index < -0.39 is 0 Å². The van der Waals surface area contributed by atoms with E-state index in [2.05, 4.69) is 25.7 Å². The van der Waals surface area contributed by atoms with Crippen LogP contribution in [0.2, 0.25) is 0 Å². The van der Waals surface area contributed by atoms with Crippen LogP contribution in [0.25, 0.3) is 11.3 Å². The number of rotatable bonds is 6. The van der Waals surface area contributed by atoms with Gasteiger partial charge in [0.25, 0.3) is 11.8 Å². The highest BCUT2D eigenvalue weighted by molar-refractivity contribution is 7.15. The van der Waals surface area contributed by atoms with E-state index in [9.17, 15) is 9.59 Å². The molecule has 0 fully saturated rings. The van der Waals surface area contributed by atoms with Gasteiger partial charge in [0, 0.05) is 18.5 Å². The zero-order valence-corrected chi connectivity index (χ0v) is 17.0. The summed E-state index contributed by atoms with van der Waals surface area (Å²) in [6.45, 7) is 0.257. The van der Waals surface area contributed by atoms with E-state index in [0.29, 0.717) is 33.5 Å². The van der Waals surface area contributed by atoms with Gasteiger partial charge in [-0.25, -0.2) is 0 Å². The van der Waals surface area contributed by atoms with Gasteiger partial charge in [0.05, 0.1) is 16.8 Å². The third-order valence-electron chi connectivity index (χ3n) is 4.86. The lowest BCUT2D eigenvalue weighted by Gasteiger charge is -2.12. The number of anilines is 2. The van der Waals surface area contributed by atoms with Crippen LogP contribution in [0.15, 0.2) is 66.7 Å². The number of carbonyl (C=O) groups excluding carboxylic acids is 2. The number of nitrogens with one attached hydrogen (secondary N) is 1. The second-order valence-corrected chi connectivity index (χ2v) is 7.92. The van der Waals surface area contributed by atoms with Crippen molar-refractivity contribution >= 4 is 34.1 Å². The molecular formula is C22H16N6O2S. The molecule has 1 aliphatic rings. The Balaban J connectivity index is 1.21. The van der Waals surface area contributed by atoms with Gasteiger partial charge >= 0.3 is 0 Å². The molecule has 0 unspecified atom stereocenters. The van der Waals surface area contributed by atoms with Crippen LogP contribution in [-0.4, -0.2) is 43.7 Å². The molecule has 0 radical (unpaired) electrons. The maximum absolute atomic E-state index is 12.4. The van der Waals surface area contributed by atoms with Crippen molar-refractivity contribution in [1.29, 1.82) is 0 Å². The molecule has 2 aromatic carbocycles. The average Bonchev–Trinajstić information content (AvgIpc) is 3.36. The molecule has 8 nitrogen and oxygen atoms in total. The Morgan fingerprint density at radius 1 is 0.774 bits per heavy atom. The van der Waals surface area contributed by atoms with Crippen LogP contribution >= 0.6 is 11.3 Å². The minimum Gasteiger partial charge on any atom is -0.313 e. The number of hydrogen-bond acceptors (Lipinski definition) is 8. The second-order valence-electron chi connectivity index (χ2n) is 6.85. The molecule has 1 aliphatic heterocycles. The van der Waals surface area contributed by atoms with Crippen LogP contribution < -0.4 is 5.32 Å². The molecule has 31 heavy (non-hydrogen) atoms. The van der Waals surface area contributed by atoms with Crippen molar-refractivity contribution in [2.75, 3.05) is 11.9 Å². The molecule has 2 aromatic heterocycles. The quantitative estimate of drug-likeness (QED) is 0.469. The Kier molecular flexibility index (Phi) is 4.93. The lowest BCUT2D eigenvalue weighted by Crippen LogP contribution is -2.31. The summed E-state index contributed by atoms with van der Waals surface area (Å²) < 4.78 is 0. The summed E-state index contributed by atoms with van der Waals surface area (Å²) in [5.74, 6) is 0.0252. The van der Waals surface area contributed by atoms with Gasteiger partial charge in [0.2, 0.25) is 5.13 Å². The van der Waals surface area contributed by atoms with Crippen molar-refractivity contribution in [2.45, 2.75) is 6.42 Å². The van der Waals surface area contributed by atoms with Crippen molar-refractivity contribution in [3.05, 3.63) is 82.9 Å². The van der Waals surface area contributed by atoms with Crippen molar-refractivity contribution in [3.8, 4) is 11.3 Å². The highest BCUT2D eigenvalue weighted by Crippen LogP contribution is 2.25. The summed E-state index contributed by atoms with van der Waals surface area (Å²) in [4.78, 5) is 26.2. The largest absolute Gasteiger partial charge is 0.313 e. The number of benzene rings is 2. The number of hydrogen-bond donors (Lipinski definition) is 1. The summed E-state index contributed by atoms with van der Waals surface area (Å²) in [6.07, 6.45) is 0.434. The first kappa shape index (κ1) is 19.0. The van der Waals surface area contributed by atoms with Crippen LogP contribution in [0.5, 0.6) is 0 Å². The third-order valence-corrected chi connectivity index (χ3v) is 5.76. The van der Waals surface area contributed by atoms with E-state index in [-0.39, 0.29) is 18.4 Å². The van der Waals surface area contributed by atoms with Gasteiger partial charge < -0.3 is 5.32 Å². The average molecular weight is 428 g/mol. The SMILES string of the molecule is O=C1c2ccccc2C(=O)N1CCc1nnc(Nc2ccc(-c3ccccc3)nn2)s1. The Morgan fingerprint density at radius 2 is 1.48 bits per heavy atom. The highest BCUT2D eigenvalue weighted by atomic mass is 32.1. The fraction of sp³-hybridized carbons (Fsp3) is 0.0909. The lowest BCUT2D eigenvalue weighted by atomic mass is 10.1. The Bertz CT molecular complexity index is 1220. The van der Waals surface area contributed by atoms with Crippen LogP contribution in [0.4, 0.5) is 10.9 Å². The Labute approximate surface area is 181 Å². The van der Waals surface area contributed by atoms with Crippen molar-refractivity contribution < 1.29 is 9.59 Å². The number of fused-ring (bicyclic) bond motifs is 1. The fourth-order valence-electron chi connectivity index (χ4n) is 3.33. The smallest absolute Gasteiger partial charge is 0.261 e. The van der Waals surface area contributed by atoms with Crippen molar-refractivity contribution in [1.82, 2.24) is 25.3 Å². The first-order valence-corrected chi connectivity index (χ1v) is 10.4. The highest BCUT2D eigenvalue weighted by Gasteiger charge is 2.34. The molecule has 4 aromatic rings. The van der Waals surface area contributed by atoms with E-state index in [0.717, 1.165) is 11.3 Å². The number of carbonyl (C=O) groups is 2. The molecule has 5 rings (SSSR count). The second kappa shape index (κ2) is 8.04. The maximum atomic E-state index is 12.4. The summed E-state index contributed by atoms with van der Waals surface area (Å²) >= 11 is 1.35. The Hall–Kier alpha value is -3.98. The molecule has 0 aliphatic carbocycles. The van der Waals surface area contributed by atoms with E-state index in [1.54, 1.807) is 24.3 Å². The lowest BCUT2D eigenvalue weighted by molar-refractivity contribution is 0.0656. The monoisotopic (exact) mass is 428 g/mol. The molecule has 1 N–H and O–H groups in total. The molecule has 0 bridgehead atoms. The number of aromatic nitrogens is 4. The van der Waals surface area contributed by atoms with Gasteiger partial charge in [-0.3, -0.25) is 14.5 Å². The van der Waals surface area contributed by atoms with E-state index in [1.165, 1.54) is 16.2 Å². The van der Waals surface area contributed by atoms with Crippen LogP contribution in [0.3, 0.4) is 0 Å². The molecule has 0 atom stereocenters. The van der Waals surface area contributed by atoms with E-state index in [1.807, 2.05) is 42.5 Å². The first-order chi connectivity index (χ1) is 15.2. The van der Waals surface area contributed by atoms with Crippen molar-refractivity contribution in [3.63, 3.8) is 0 Å². The number of imide groups is 1. The molecule has 2 amide bonds. The van der Waals surface area contributed by atoms with Gasteiger partial charge in [-0.2, -0.15) is 0 Å². The van der Waals surface area contributed by atoms with Crippen LogP contribution in [0, 0.1) is 0 Å². The topological polar surface area (TPSA) is 101 Å². The van der Waals surface area contributed by atoms with E-state index in [4.69, 9.17) is 0 Å². The van der Waals surface area contributed by atoms with Gasteiger partial charge in [-0.1, -0.05) is 53.8 Å². The van der Waals surface area contributed by atoms with Gasteiger partial charge in [-0.15, -0.1) is 20.4 Å². The predicted molar refractivity (Wildman–Crippen MR) is 116 cm³/mol. The molecule has 3 heterocycles. The molecule has 9 heteroatoms. The molecule has 0 saturated carbocycles. The molecule has 0 spiro atoms. The molecule has 152 valence electrons. The fourth-order valence-corrected chi connectivity index (χ4v) is 4.06. The summed E-state index contributed by atoms with van der Waals surface area (Å²) in [5, 5.41) is 21.1.